The zero-order valence-corrected chi connectivity index (χ0v) is 25.0. The standard InChI is InChI=1S/C22H8B2Cl8N4O2/c23-35-19(7-9(21(35)37)13(27)17(31)15(29)11(7)25)33-5-1-2-6(4-3-5)34-20-8-10(22(38)36(20)24)14(28)18(32)16(30)12(8)26/h1-4H,23-24H2/b33-19-,34-20-. The first-order valence-electron chi connectivity index (χ1n) is 10.4. The Kier molecular flexibility index (Phi) is 7.42. The molecule has 3 aromatic carbocycles. The van der Waals surface area contributed by atoms with Crippen LogP contribution in [0.5, 0.6) is 0 Å². The molecule has 0 aliphatic carbocycles. The van der Waals surface area contributed by atoms with Crippen molar-refractivity contribution >= 4 is 144 Å². The van der Waals surface area contributed by atoms with Crippen molar-refractivity contribution in [3.05, 3.63) is 86.7 Å². The highest BCUT2D eigenvalue weighted by Gasteiger charge is 2.39. The molecule has 5 rings (SSSR count). The Balaban J connectivity index is 1.57. The van der Waals surface area contributed by atoms with Crippen LogP contribution >= 0.6 is 92.8 Å². The number of nitrogens with zero attached hydrogens (tertiary/aromatic N) is 4. The van der Waals surface area contributed by atoms with Crippen molar-refractivity contribution in [2.75, 3.05) is 0 Å². The van der Waals surface area contributed by atoms with Crippen molar-refractivity contribution in [3.8, 4) is 0 Å². The minimum Gasteiger partial charge on any atom is -0.346 e. The predicted octanol–water partition coefficient (Wildman–Crippen LogP) is 7.08. The molecule has 0 bridgehead atoms. The molecule has 38 heavy (non-hydrogen) atoms. The van der Waals surface area contributed by atoms with Crippen molar-refractivity contribution in [1.82, 2.24) is 9.62 Å². The number of aliphatic imine (C=N–C) groups is 2. The Labute approximate surface area is 257 Å². The summed E-state index contributed by atoms with van der Waals surface area (Å²) < 4.78 is 0. The molecule has 6 nitrogen and oxygen atoms in total. The second-order valence-electron chi connectivity index (χ2n) is 8.13. The van der Waals surface area contributed by atoms with E-state index in [1.807, 2.05) is 0 Å². The van der Waals surface area contributed by atoms with Crippen LogP contribution in [0.1, 0.15) is 31.8 Å². The van der Waals surface area contributed by atoms with Gasteiger partial charge in [0, 0.05) is 0 Å². The average Bonchev–Trinajstić information content (AvgIpc) is 3.29. The Morgan fingerprint density at radius 3 is 1.03 bits per heavy atom. The number of carbonyl (C=O) groups excluding carboxylic acids is 2. The van der Waals surface area contributed by atoms with E-state index in [9.17, 15) is 9.59 Å². The van der Waals surface area contributed by atoms with E-state index in [0.717, 1.165) is 0 Å². The zero-order valence-electron chi connectivity index (χ0n) is 18.9. The largest absolute Gasteiger partial charge is 0.346 e. The lowest BCUT2D eigenvalue weighted by Crippen LogP contribution is -2.27. The summed E-state index contributed by atoms with van der Waals surface area (Å²) in [7, 11) is 3.07. The first-order chi connectivity index (χ1) is 17.9. The van der Waals surface area contributed by atoms with Crippen LogP contribution in [-0.4, -0.2) is 49.1 Å². The number of amidine groups is 2. The van der Waals surface area contributed by atoms with Crippen LogP contribution in [0.3, 0.4) is 0 Å². The SMILES string of the molecule is BN1C(=O)c2c(Cl)c(Cl)c(Cl)c(Cl)c2/C1=N/c1ccc(/N=C2/c3c(Cl)c(Cl)c(Cl)c(Cl)c3C(=O)N2B)cc1. The van der Waals surface area contributed by atoms with Crippen LogP contribution in [0.25, 0.3) is 0 Å². The Bertz CT molecular complexity index is 1560. The summed E-state index contributed by atoms with van der Waals surface area (Å²) >= 11 is 50.1. The summed E-state index contributed by atoms with van der Waals surface area (Å²) in [6.07, 6.45) is 0. The first kappa shape index (κ1) is 27.9. The lowest BCUT2D eigenvalue weighted by molar-refractivity contribution is 0.0915. The highest BCUT2D eigenvalue weighted by atomic mass is 35.5. The topological polar surface area (TPSA) is 65.3 Å². The van der Waals surface area contributed by atoms with Crippen molar-refractivity contribution in [2.24, 2.45) is 9.98 Å². The molecule has 0 N–H and O–H groups in total. The van der Waals surface area contributed by atoms with Gasteiger partial charge in [0.15, 0.2) is 0 Å². The quantitative estimate of drug-likeness (QED) is 0.167. The maximum Gasteiger partial charge on any atom is 0.249 e. The summed E-state index contributed by atoms with van der Waals surface area (Å²) in [5.41, 5.74) is 1.76. The van der Waals surface area contributed by atoms with Crippen molar-refractivity contribution < 1.29 is 9.59 Å². The van der Waals surface area contributed by atoms with Crippen molar-refractivity contribution in [2.45, 2.75) is 0 Å². The van der Waals surface area contributed by atoms with Gasteiger partial charge in [-0.2, -0.15) is 0 Å². The van der Waals surface area contributed by atoms with Crippen LogP contribution in [0.4, 0.5) is 11.4 Å². The molecule has 2 amide bonds. The van der Waals surface area contributed by atoms with Crippen LogP contribution in [0, 0.1) is 0 Å². The fraction of sp³-hybridized carbons (Fsp3) is 0. The van der Waals surface area contributed by atoms with Gasteiger partial charge in [0.05, 0.1) is 73.8 Å². The van der Waals surface area contributed by atoms with Gasteiger partial charge < -0.3 is 9.62 Å². The molecule has 0 spiro atoms. The second-order valence-corrected chi connectivity index (χ2v) is 11.2. The molecule has 0 fully saturated rings. The van der Waals surface area contributed by atoms with E-state index in [4.69, 9.17) is 92.8 Å². The first-order valence-corrected chi connectivity index (χ1v) is 13.4. The minimum absolute atomic E-state index is 0.0000405. The third-order valence-corrected chi connectivity index (χ3v) is 9.58. The Hall–Kier alpha value is -1.61. The molecule has 3 aromatic rings. The van der Waals surface area contributed by atoms with Crippen LogP contribution in [0.2, 0.25) is 40.2 Å². The van der Waals surface area contributed by atoms with E-state index in [-0.39, 0.29) is 74.1 Å². The maximum absolute atomic E-state index is 12.8. The van der Waals surface area contributed by atoms with E-state index in [2.05, 4.69) is 9.98 Å². The summed E-state index contributed by atoms with van der Waals surface area (Å²) in [5.74, 6) is -0.349. The predicted molar refractivity (Wildman–Crippen MR) is 161 cm³/mol. The van der Waals surface area contributed by atoms with Crippen LogP contribution < -0.4 is 0 Å². The number of halogens is 8. The Morgan fingerprint density at radius 2 is 0.737 bits per heavy atom. The monoisotopic (exact) mass is 662 g/mol. The molecule has 2 aliphatic heterocycles. The number of hydrogen-bond donors (Lipinski definition) is 0. The molecule has 0 atom stereocenters. The van der Waals surface area contributed by atoms with Gasteiger partial charge in [-0.1, -0.05) is 92.8 Å². The summed E-state index contributed by atoms with van der Waals surface area (Å²) in [5, 5.41) is 0.162. The van der Waals surface area contributed by atoms with E-state index in [1.165, 1.54) is 25.6 Å². The normalized spacial score (nSPS) is 16.7. The molecule has 0 aromatic heterocycles. The summed E-state index contributed by atoms with van der Waals surface area (Å²) in [6, 6.07) is 6.65. The number of fused-ring (bicyclic) bond motifs is 2. The molecule has 0 unspecified atom stereocenters. The number of hydrogen-bond acceptors (Lipinski definition) is 4. The van der Waals surface area contributed by atoms with Gasteiger partial charge in [0.1, 0.15) is 11.7 Å². The number of benzene rings is 3. The second kappa shape index (κ2) is 10.1. The Morgan fingerprint density at radius 1 is 0.474 bits per heavy atom. The molecular formula is C22H8B2Cl8N4O2. The third kappa shape index (κ3) is 4.13. The molecule has 0 radical (unpaired) electrons. The summed E-state index contributed by atoms with van der Waals surface area (Å²) in [4.78, 5) is 37.5. The maximum atomic E-state index is 12.8. The van der Waals surface area contributed by atoms with E-state index < -0.39 is 11.8 Å². The molecule has 16 heteroatoms. The molecule has 2 heterocycles. The average molecular weight is 666 g/mol. The van der Waals surface area contributed by atoms with Crippen molar-refractivity contribution in [1.29, 1.82) is 0 Å². The lowest BCUT2D eigenvalue weighted by atomic mass is 10.1. The number of rotatable bonds is 2. The molecule has 0 saturated heterocycles. The van der Waals surface area contributed by atoms with Gasteiger partial charge >= 0.3 is 0 Å². The smallest absolute Gasteiger partial charge is 0.249 e. The fourth-order valence-electron chi connectivity index (χ4n) is 4.06. The highest BCUT2D eigenvalue weighted by Crippen LogP contribution is 2.46. The van der Waals surface area contributed by atoms with Crippen molar-refractivity contribution in [3.63, 3.8) is 0 Å². The van der Waals surface area contributed by atoms with E-state index in [1.54, 1.807) is 24.3 Å². The zero-order chi connectivity index (χ0) is 27.8. The third-order valence-electron chi connectivity index (χ3n) is 5.97. The van der Waals surface area contributed by atoms with Gasteiger partial charge in [-0.15, -0.1) is 0 Å². The number of carbonyl (C=O) groups is 2. The van der Waals surface area contributed by atoms with Crippen LogP contribution in [-0.2, 0) is 0 Å². The van der Waals surface area contributed by atoms with E-state index in [0.29, 0.717) is 11.4 Å². The van der Waals surface area contributed by atoms with Gasteiger partial charge in [0.25, 0.3) is 0 Å². The molecule has 2 aliphatic rings. The lowest BCUT2D eigenvalue weighted by Gasteiger charge is -2.12. The minimum atomic E-state index is -0.422. The van der Waals surface area contributed by atoms with Gasteiger partial charge in [0.2, 0.25) is 27.8 Å². The molecule has 190 valence electrons. The van der Waals surface area contributed by atoms with Gasteiger partial charge in [-0.05, 0) is 24.3 Å². The fourth-order valence-corrected chi connectivity index (χ4v) is 6.09. The van der Waals surface area contributed by atoms with Gasteiger partial charge in [-0.3, -0.25) is 9.59 Å². The van der Waals surface area contributed by atoms with Gasteiger partial charge in [-0.25, -0.2) is 9.98 Å². The molecular weight excluding hydrogens is 658 g/mol. The summed E-state index contributed by atoms with van der Waals surface area (Å²) in [6.45, 7) is 0. The van der Waals surface area contributed by atoms with Crippen LogP contribution in [0.15, 0.2) is 34.3 Å². The van der Waals surface area contributed by atoms with E-state index >= 15 is 0 Å². The number of amides is 2. The molecule has 0 saturated carbocycles. The highest BCUT2D eigenvalue weighted by molar-refractivity contribution is 6.57.